The number of sulfone groups is 1. The van der Waals surface area contributed by atoms with E-state index in [0.717, 1.165) is 0 Å². The Morgan fingerprint density at radius 2 is 2.00 bits per heavy atom. The molecule has 0 spiro atoms. The van der Waals surface area contributed by atoms with Crippen molar-refractivity contribution < 1.29 is 18.3 Å². The van der Waals surface area contributed by atoms with Crippen LogP contribution in [0, 0.1) is 5.92 Å². The molecule has 0 aromatic carbocycles. The Morgan fingerprint density at radius 1 is 1.40 bits per heavy atom. The van der Waals surface area contributed by atoms with Crippen LogP contribution in [0.1, 0.15) is 26.2 Å². The van der Waals surface area contributed by atoms with Crippen LogP contribution in [0.15, 0.2) is 0 Å². The van der Waals surface area contributed by atoms with E-state index in [1.165, 1.54) is 0 Å². The lowest BCUT2D eigenvalue weighted by molar-refractivity contribution is -0.142. The SMILES string of the molecule is CCS(=O)(=O)CCCC(CCN)C(=O)O. The zero-order chi connectivity index (χ0) is 11.9. The van der Waals surface area contributed by atoms with E-state index in [1.54, 1.807) is 6.92 Å². The fraction of sp³-hybridized carbons (Fsp3) is 0.889. The van der Waals surface area contributed by atoms with Gasteiger partial charge in [-0.1, -0.05) is 6.92 Å². The molecule has 0 saturated heterocycles. The Kier molecular flexibility index (Phi) is 6.51. The van der Waals surface area contributed by atoms with Gasteiger partial charge in [0.1, 0.15) is 9.84 Å². The molecule has 0 fully saturated rings. The van der Waals surface area contributed by atoms with Gasteiger partial charge in [-0.25, -0.2) is 8.42 Å². The number of hydrogen-bond donors (Lipinski definition) is 2. The summed E-state index contributed by atoms with van der Waals surface area (Å²) in [5.41, 5.74) is 5.27. The molecule has 0 aliphatic heterocycles. The van der Waals surface area contributed by atoms with Gasteiger partial charge in [-0.2, -0.15) is 0 Å². The van der Waals surface area contributed by atoms with Gasteiger partial charge in [0, 0.05) is 5.75 Å². The van der Waals surface area contributed by atoms with Crippen molar-refractivity contribution in [3.63, 3.8) is 0 Å². The summed E-state index contributed by atoms with van der Waals surface area (Å²) in [4.78, 5) is 10.7. The number of carbonyl (C=O) groups is 1. The van der Waals surface area contributed by atoms with Gasteiger partial charge >= 0.3 is 5.97 Å². The fourth-order valence-electron chi connectivity index (χ4n) is 1.29. The van der Waals surface area contributed by atoms with Crippen LogP contribution in [-0.2, 0) is 14.6 Å². The summed E-state index contributed by atoms with van der Waals surface area (Å²) in [6, 6.07) is 0. The second-order valence-electron chi connectivity index (χ2n) is 3.49. The van der Waals surface area contributed by atoms with Gasteiger partial charge in [0.15, 0.2) is 0 Å². The van der Waals surface area contributed by atoms with Gasteiger partial charge in [-0.15, -0.1) is 0 Å². The molecule has 0 amide bonds. The first-order chi connectivity index (χ1) is 6.93. The van der Waals surface area contributed by atoms with Crippen molar-refractivity contribution in [1.29, 1.82) is 0 Å². The van der Waals surface area contributed by atoms with Gasteiger partial charge < -0.3 is 10.8 Å². The summed E-state index contributed by atoms with van der Waals surface area (Å²) in [5, 5.41) is 8.79. The standard InChI is InChI=1S/C9H19NO4S/c1-2-15(13,14)7-3-4-8(5-6-10)9(11)12/h8H,2-7,10H2,1H3,(H,11,12). The quantitative estimate of drug-likeness (QED) is 0.630. The van der Waals surface area contributed by atoms with Crippen molar-refractivity contribution >= 4 is 15.8 Å². The largest absolute Gasteiger partial charge is 0.481 e. The summed E-state index contributed by atoms with van der Waals surface area (Å²) in [7, 11) is -2.98. The lowest BCUT2D eigenvalue weighted by atomic mass is 10.0. The predicted molar refractivity (Wildman–Crippen MR) is 58.4 cm³/mol. The molecule has 0 aliphatic carbocycles. The average molecular weight is 237 g/mol. The third-order valence-electron chi connectivity index (χ3n) is 2.31. The zero-order valence-corrected chi connectivity index (χ0v) is 9.79. The van der Waals surface area contributed by atoms with Crippen LogP contribution >= 0.6 is 0 Å². The van der Waals surface area contributed by atoms with Crippen LogP contribution in [0.2, 0.25) is 0 Å². The molecule has 0 aromatic rings. The molecule has 0 aromatic heterocycles. The molecule has 6 heteroatoms. The van der Waals surface area contributed by atoms with Crippen molar-refractivity contribution in [2.75, 3.05) is 18.1 Å². The normalized spacial score (nSPS) is 13.7. The van der Waals surface area contributed by atoms with E-state index in [1.807, 2.05) is 0 Å². The topological polar surface area (TPSA) is 97.5 Å². The molecule has 0 saturated carbocycles. The van der Waals surface area contributed by atoms with Gasteiger partial charge in [0.25, 0.3) is 0 Å². The molecule has 1 unspecified atom stereocenters. The summed E-state index contributed by atoms with van der Waals surface area (Å²) in [6.07, 6.45) is 1.18. The monoisotopic (exact) mass is 237 g/mol. The van der Waals surface area contributed by atoms with Crippen LogP contribution in [0.4, 0.5) is 0 Å². The maximum Gasteiger partial charge on any atom is 0.306 e. The summed E-state index contributed by atoms with van der Waals surface area (Å²) >= 11 is 0. The summed E-state index contributed by atoms with van der Waals surface area (Å²) in [5.74, 6) is -1.23. The Hall–Kier alpha value is -0.620. The lowest BCUT2D eigenvalue weighted by Gasteiger charge is -2.10. The molecule has 0 heterocycles. The number of rotatable bonds is 8. The number of hydrogen-bond acceptors (Lipinski definition) is 4. The van der Waals surface area contributed by atoms with Crippen LogP contribution in [-0.4, -0.2) is 37.5 Å². The molecule has 0 radical (unpaired) electrons. The molecule has 0 aliphatic rings. The number of nitrogens with two attached hydrogens (primary N) is 1. The van der Waals surface area contributed by atoms with E-state index in [4.69, 9.17) is 10.8 Å². The summed E-state index contributed by atoms with van der Waals surface area (Å²) < 4.78 is 22.3. The first kappa shape index (κ1) is 14.4. The molecule has 15 heavy (non-hydrogen) atoms. The van der Waals surface area contributed by atoms with Crippen LogP contribution in [0.25, 0.3) is 0 Å². The maximum absolute atomic E-state index is 11.1. The van der Waals surface area contributed by atoms with Crippen LogP contribution in [0.5, 0.6) is 0 Å². The second kappa shape index (κ2) is 6.79. The van der Waals surface area contributed by atoms with Crippen molar-refractivity contribution in [2.24, 2.45) is 11.7 Å². The smallest absolute Gasteiger partial charge is 0.306 e. The maximum atomic E-state index is 11.1. The predicted octanol–water partition coefficient (Wildman–Crippen LogP) is 0.251. The minimum Gasteiger partial charge on any atom is -0.481 e. The highest BCUT2D eigenvalue weighted by molar-refractivity contribution is 7.91. The Labute approximate surface area is 90.6 Å². The Bertz CT molecular complexity index is 286. The minimum absolute atomic E-state index is 0.0673. The minimum atomic E-state index is -2.98. The Morgan fingerprint density at radius 3 is 2.40 bits per heavy atom. The molecular weight excluding hydrogens is 218 g/mol. The van der Waals surface area contributed by atoms with E-state index in [9.17, 15) is 13.2 Å². The van der Waals surface area contributed by atoms with Gasteiger partial charge in [-0.3, -0.25) is 4.79 Å². The third-order valence-corrected chi connectivity index (χ3v) is 4.10. The Balaban J connectivity index is 3.96. The molecule has 0 bridgehead atoms. The van der Waals surface area contributed by atoms with E-state index < -0.39 is 21.7 Å². The van der Waals surface area contributed by atoms with Crippen molar-refractivity contribution in [2.45, 2.75) is 26.2 Å². The van der Waals surface area contributed by atoms with E-state index >= 15 is 0 Å². The molecule has 1 atom stereocenters. The highest BCUT2D eigenvalue weighted by atomic mass is 32.2. The van der Waals surface area contributed by atoms with Crippen molar-refractivity contribution in [3.05, 3.63) is 0 Å². The van der Waals surface area contributed by atoms with Gasteiger partial charge in [-0.05, 0) is 25.8 Å². The number of carboxylic acids is 1. The average Bonchev–Trinajstić information content (AvgIpc) is 2.16. The van der Waals surface area contributed by atoms with Gasteiger partial charge in [0.05, 0.1) is 11.7 Å². The zero-order valence-electron chi connectivity index (χ0n) is 8.98. The van der Waals surface area contributed by atoms with E-state index in [-0.39, 0.29) is 11.5 Å². The number of carboxylic acid groups (broad SMARTS) is 1. The molecule has 0 rings (SSSR count). The second-order valence-corrected chi connectivity index (χ2v) is 5.96. The van der Waals surface area contributed by atoms with E-state index in [0.29, 0.717) is 25.8 Å². The number of aliphatic carboxylic acids is 1. The molecular formula is C9H19NO4S. The first-order valence-corrected chi connectivity index (χ1v) is 6.88. The molecule has 5 nitrogen and oxygen atoms in total. The molecule has 90 valence electrons. The van der Waals surface area contributed by atoms with Crippen molar-refractivity contribution in [3.8, 4) is 0 Å². The fourth-order valence-corrected chi connectivity index (χ4v) is 2.18. The first-order valence-electron chi connectivity index (χ1n) is 5.06. The lowest BCUT2D eigenvalue weighted by Crippen LogP contribution is -2.19. The van der Waals surface area contributed by atoms with Crippen LogP contribution < -0.4 is 5.73 Å². The highest BCUT2D eigenvalue weighted by Crippen LogP contribution is 2.11. The van der Waals surface area contributed by atoms with Crippen molar-refractivity contribution in [1.82, 2.24) is 0 Å². The van der Waals surface area contributed by atoms with E-state index in [2.05, 4.69) is 0 Å². The highest BCUT2D eigenvalue weighted by Gasteiger charge is 2.17. The van der Waals surface area contributed by atoms with Crippen LogP contribution in [0.3, 0.4) is 0 Å². The third kappa shape index (κ3) is 6.46. The molecule has 3 N–H and O–H groups in total. The summed E-state index contributed by atoms with van der Waals surface area (Å²) in [6.45, 7) is 1.90. The van der Waals surface area contributed by atoms with Gasteiger partial charge in [0.2, 0.25) is 0 Å².